The van der Waals surface area contributed by atoms with Crippen molar-refractivity contribution in [2.75, 3.05) is 20.1 Å². The van der Waals surface area contributed by atoms with Gasteiger partial charge >= 0.3 is 0 Å². The third-order valence-electron chi connectivity index (χ3n) is 3.91. The summed E-state index contributed by atoms with van der Waals surface area (Å²) in [6.45, 7) is 1.44. The van der Waals surface area contributed by atoms with Gasteiger partial charge in [0.1, 0.15) is 5.82 Å². The van der Waals surface area contributed by atoms with E-state index in [1.807, 2.05) is 0 Å². The summed E-state index contributed by atoms with van der Waals surface area (Å²) in [6, 6.07) is 6.15. The quantitative estimate of drug-likeness (QED) is 0.407. The lowest BCUT2D eigenvalue weighted by molar-refractivity contribution is -0.119. The Morgan fingerprint density at radius 1 is 1.41 bits per heavy atom. The molecule has 0 bridgehead atoms. The van der Waals surface area contributed by atoms with E-state index in [2.05, 4.69) is 5.32 Å². The van der Waals surface area contributed by atoms with Crippen LogP contribution in [0.2, 0.25) is 0 Å². The minimum absolute atomic E-state index is 0.00765. The lowest BCUT2D eigenvalue weighted by Gasteiger charge is -2.37. The van der Waals surface area contributed by atoms with Gasteiger partial charge in [-0.25, -0.2) is 10.2 Å². The number of hydrogen-bond acceptors (Lipinski definition) is 5. The van der Waals surface area contributed by atoms with Crippen LogP contribution in [0.25, 0.3) is 5.70 Å². The molecule has 5 N–H and O–H groups in total. The Hall–Kier alpha value is -2.12. The van der Waals surface area contributed by atoms with Gasteiger partial charge in [-0.3, -0.25) is 4.79 Å². The second-order valence-corrected chi connectivity index (χ2v) is 5.51. The first-order chi connectivity index (χ1) is 10.5. The Bertz CT molecular complexity index is 550. The van der Waals surface area contributed by atoms with Gasteiger partial charge in [0.2, 0.25) is 6.41 Å². The highest BCUT2D eigenvalue weighted by Gasteiger charge is 2.26. The molecule has 0 spiro atoms. The molecule has 2 atom stereocenters. The molecule has 22 heavy (non-hydrogen) atoms. The smallest absolute Gasteiger partial charge is 0.209 e. The van der Waals surface area contributed by atoms with Crippen molar-refractivity contribution < 1.29 is 9.18 Å². The summed E-state index contributed by atoms with van der Waals surface area (Å²) >= 11 is 0. The summed E-state index contributed by atoms with van der Waals surface area (Å²) in [4.78, 5) is 12.5. The predicted molar refractivity (Wildman–Crippen MR) is 83.5 cm³/mol. The molecular formula is C15H22FN5O. The Kier molecular flexibility index (Phi) is 5.35. The van der Waals surface area contributed by atoms with E-state index in [9.17, 15) is 9.18 Å². The van der Waals surface area contributed by atoms with Crippen molar-refractivity contribution in [1.29, 1.82) is 0 Å². The van der Waals surface area contributed by atoms with E-state index in [1.165, 1.54) is 17.1 Å². The van der Waals surface area contributed by atoms with Gasteiger partial charge in [-0.15, -0.1) is 0 Å². The summed E-state index contributed by atoms with van der Waals surface area (Å²) in [6.07, 6.45) is 3.16. The van der Waals surface area contributed by atoms with Gasteiger partial charge in [0.05, 0.1) is 11.7 Å². The molecule has 1 amide bonds. The van der Waals surface area contributed by atoms with Crippen LogP contribution in [0.5, 0.6) is 0 Å². The first-order valence-corrected chi connectivity index (χ1v) is 7.15. The zero-order valence-corrected chi connectivity index (χ0v) is 12.6. The van der Waals surface area contributed by atoms with E-state index in [0.717, 1.165) is 19.4 Å². The van der Waals surface area contributed by atoms with Gasteiger partial charge in [0.25, 0.3) is 0 Å². The molecule has 1 aromatic rings. The molecular weight excluding hydrogens is 285 g/mol. The van der Waals surface area contributed by atoms with Crippen molar-refractivity contribution in [3.05, 3.63) is 41.8 Å². The van der Waals surface area contributed by atoms with E-state index in [-0.39, 0.29) is 17.9 Å². The zero-order valence-electron chi connectivity index (χ0n) is 12.6. The van der Waals surface area contributed by atoms with E-state index >= 15 is 0 Å². The van der Waals surface area contributed by atoms with Crippen molar-refractivity contribution in [2.24, 2.45) is 11.6 Å². The van der Waals surface area contributed by atoms with E-state index < -0.39 is 0 Å². The van der Waals surface area contributed by atoms with Gasteiger partial charge in [-0.1, -0.05) is 12.1 Å². The van der Waals surface area contributed by atoms with E-state index in [0.29, 0.717) is 17.8 Å². The first kappa shape index (κ1) is 16.3. The summed E-state index contributed by atoms with van der Waals surface area (Å²) in [7, 11) is 1.75. The minimum Gasteiger partial charge on any atom is -0.397 e. The average Bonchev–Trinajstić information content (AvgIpc) is 2.54. The number of piperidine rings is 1. The highest BCUT2D eigenvalue weighted by Crippen LogP contribution is 2.15. The molecule has 120 valence electrons. The number of hydrogen-bond donors (Lipinski definition) is 3. The number of likely N-dealkylation sites (N-methyl/N-ethyl adjacent to an activating group) is 1. The monoisotopic (exact) mass is 307 g/mol. The van der Waals surface area contributed by atoms with Crippen LogP contribution in [0, 0.1) is 5.82 Å². The van der Waals surface area contributed by atoms with Crippen molar-refractivity contribution in [1.82, 2.24) is 15.2 Å². The maximum Gasteiger partial charge on any atom is 0.209 e. The second kappa shape index (κ2) is 7.24. The number of carbonyl (C=O) groups is 1. The fraction of sp³-hybridized carbons (Fsp3) is 0.400. The number of rotatable bonds is 5. The van der Waals surface area contributed by atoms with Gasteiger partial charge < -0.3 is 21.0 Å². The van der Waals surface area contributed by atoms with Crippen LogP contribution in [0.3, 0.4) is 0 Å². The minimum atomic E-state index is -0.343. The normalized spacial score (nSPS) is 22.2. The Morgan fingerprint density at radius 3 is 2.82 bits per heavy atom. The Balaban J connectivity index is 2.05. The number of amides is 1. The third-order valence-corrected chi connectivity index (χ3v) is 3.91. The maximum absolute atomic E-state index is 13.2. The molecule has 0 aromatic heterocycles. The number of halogens is 1. The second-order valence-electron chi connectivity index (χ2n) is 5.51. The molecule has 1 aromatic carbocycles. The molecule has 2 rings (SSSR count). The predicted octanol–water partition coefficient (Wildman–Crippen LogP) is 0.0772. The van der Waals surface area contributed by atoms with E-state index in [1.54, 1.807) is 30.3 Å². The molecule has 2 unspecified atom stereocenters. The lowest BCUT2D eigenvalue weighted by atomic mass is 10.0. The summed E-state index contributed by atoms with van der Waals surface area (Å²) in [5.74, 6) is 5.72. The zero-order chi connectivity index (χ0) is 16.1. The maximum atomic E-state index is 13.2. The molecule has 1 aliphatic rings. The summed E-state index contributed by atoms with van der Waals surface area (Å²) in [5, 5.41) is 4.78. The molecule has 0 radical (unpaired) electrons. The molecule has 1 aliphatic heterocycles. The van der Waals surface area contributed by atoms with Crippen LogP contribution in [0.1, 0.15) is 12.0 Å². The molecule has 7 heteroatoms. The molecule has 6 nitrogen and oxygen atoms in total. The van der Waals surface area contributed by atoms with Crippen LogP contribution in [0.4, 0.5) is 4.39 Å². The third kappa shape index (κ3) is 3.96. The van der Waals surface area contributed by atoms with Crippen LogP contribution in [-0.2, 0) is 4.79 Å². The van der Waals surface area contributed by atoms with E-state index in [4.69, 9.17) is 11.6 Å². The van der Waals surface area contributed by atoms with Crippen molar-refractivity contribution in [2.45, 2.75) is 18.5 Å². The Labute approximate surface area is 129 Å². The highest BCUT2D eigenvalue weighted by molar-refractivity contribution is 5.62. The number of benzene rings is 1. The number of hydrazine groups is 1. The highest BCUT2D eigenvalue weighted by atomic mass is 19.1. The summed E-state index contributed by atoms with van der Waals surface area (Å²) < 4.78 is 13.2. The van der Waals surface area contributed by atoms with Crippen LogP contribution in [-0.4, -0.2) is 48.5 Å². The number of carbonyl (C=O) groups excluding carboxylic acids is 1. The van der Waals surface area contributed by atoms with Gasteiger partial charge in [0.15, 0.2) is 0 Å². The molecule has 1 fully saturated rings. The largest absolute Gasteiger partial charge is 0.397 e. The Morgan fingerprint density at radius 2 is 2.14 bits per heavy atom. The SMILES string of the molecule is CN(C=O)C1CNCC(N(N)/C=C(\N)c2cccc(F)c2)C1. The van der Waals surface area contributed by atoms with Gasteiger partial charge in [0, 0.05) is 37.9 Å². The first-order valence-electron chi connectivity index (χ1n) is 7.15. The van der Waals surface area contributed by atoms with Gasteiger partial charge in [-0.2, -0.15) is 0 Å². The molecule has 1 saturated heterocycles. The molecule has 0 aliphatic carbocycles. The topological polar surface area (TPSA) is 87.6 Å². The van der Waals surface area contributed by atoms with Crippen molar-refractivity contribution in [3.8, 4) is 0 Å². The number of nitrogens with one attached hydrogen (secondary N) is 1. The van der Waals surface area contributed by atoms with Crippen LogP contribution >= 0.6 is 0 Å². The summed E-state index contributed by atoms with van der Waals surface area (Å²) in [5.41, 5.74) is 6.96. The lowest BCUT2D eigenvalue weighted by Crippen LogP contribution is -2.55. The van der Waals surface area contributed by atoms with Crippen molar-refractivity contribution in [3.63, 3.8) is 0 Å². The number of nitrogens with two attached hydrogens (primary N) is 2. The fourth-order valence-corrected chi connectivity index (χ4v) is 2.53. The molecule has 0 saturated carbocycles. The number of nitrogens with zero attached hydrogens (tertiary/aromatic N) is 2. The van der Waals surface area contributed by atoms with Gasteiger partial charge in [-0.05, 0) is 18.6 Å². The van der Waals surface area contributed by atoms with Crippen LogP contribution < -0.4 is 16.9 Å². The standard InChI is InChI=1S/C15H22FN5O/c1-20(10-22)13-6-14(8-19-7-13)21(18)9-15(17)11-3-2-4-12(16)5-11/h2-5,9-10,13-14,19H,6-8,17-18H2,1H3/b15-9-. The van der Waals surface area contributed by atoms with Crippen LogP contribution in [0.15, 0.2) is 30.5 Å². The fourth-order valence-electron chi connectivity index (χ4n) is 2.53. The van der Waals surface area contributed by atoms with Crippen molar-refractivity contribution >= 4 is 12.1 Å². The average molecular weight is 307 g/mol. The molecule has 1 heterocycles.